The fourth-order valence-corrected chi connectivity index (χ4v) is 21.1. The third kappa shape index (κ3) is 16.7. The van der Waals surface area contributed by atoms with Crippen molar-refractivity contribution in [3.8, 4) is 34.9 Å². The quantitative estimate of drug-likeness (QED) is 0.0461. The Kier molecular flexibility index (Phi) is 24.1. The lowest BCUT2D eigenvalue weighted by Gasteiger charge is -2.27. The van der Waals surface area contributed by atoms with Crippen LogP contribution in [0.15, 0.2) is 170 Å². The number of rotatable bonds is 18. The molecule has 0 atom stereocenters. The first-order valence-corrected chi connectivity index (χ1v) is 44.4. The first kappa shape index (κ1) is 81.3. The van der Waals surface area contributed by atoms with Crippen molar-refractivity contribution in [1.29, 1.82) is 10.5 Å². The molecule has 13 heterocycles. The van der Waals surface area contributed by atoms with Gasteiger partial charge in [0.05, 0.1) is 99.2 Å². The van der Waals surface area contributed by atoms with E-state index in [2.05, 4.69) is 120 Å². The van der Waals surface area contributed by atoms with Crippen LogP contribution in [0.1, 0.15) is 152 Å². The van der Waals surface area contributed by atoms with Gasteiger partial charge >= 0.3 is 0 Å². The topological polar surface area (TPSA) is 262 Å². The van der Waals surface area contributed by atoms with E-state index in [4.69, 9.17) is 28.9 Å². The van der Waals surface area contributed by atoms with E-state index in [9.17, 15) is 31.2 Å². The summed E-state index contributed by atoms with van der Waals surface area (Å²) in [5.74, 6) is 1.31. The Morgan fingerprint density at radius 1 is 0.393 bits per heavy atom. The van der Waals surface area contributed by atoms with Crippen LogP contribution in [0.25, 0.3) is 110 Å². The lowest BCUT2D eigenvalue weighted by atomic mass is 9.87. The van der Waals surface area contributed by atoms with Gasteiger partial charge in [-0.25, -0.2) is 26.0 Å². The number of benzene rings is 8. The average molecular weight is 1670 g/mol. The maximum Gasteiger partial charge on any atom is 0.150 e. The number of aromatic nitrogens is 12. The molecular weight excluding hydrogens is 1570 g/mol. The molecule has 21 rings (SSSR count). The first-order valence-electron chi connectivity index (χ1n) is 42.6. The Bertz CT molecular complexity index is 6610. The predicted octanol–water partition coefficient (Wildman–Crippen LogP) is 20.0. The summed E-state index contributed by atoms with van der Waals surface area (Å²) in [6.45, 7) is 6.60. The molecule has 0 aliphatic carbocycles. The molecule has 5 fully saturated rings. The maximum atomic E-state index is 13.8. The van der Waals surface area contributed by atoms with Crippen molar-refractivity contribution in [3.05, 3.63) is 239 Å². The number of hydrogen-bond donors (Lipinski definition) is 4. The first-order chi connectivity index (χ1) is 59.8. The molecule has 0 spiro atoms. The van der Waals surface area contributed by atoms with E-state index < -0.39 is 9.84 Å². The fraction of sp³-hybridized carbons (Fsp3) is 0.354. The third-order valence-corrected chi connectivity index (χ3v) is 27.1. The number of fused-ring (bicyclic) bond motifs is 8. The van der Waals surface area contributed by atoms with Crippen molar-refractivity contribution >= 4 is 97.1 Å². The minimum Gasteiger partial charge on any atom is -0.384 e. The van der Waals surface area contributed by atoms with Crippen LogP contribution < -0.4 is 0 Å². The Hall–Kier alpha value is -11.8. The number of nitriles is 2. The zero-order chi connectivity index (χ0) is 83.4. The number of methoxy groups -OCH3 is 1. The van der Waals surface area contributed by atoms with E-state index in [-0.39, 0.29) is 34.8 Å². The molecule has 0 saturated carbocycles. The van der Waals surface area contributed by atoms with E-state index in [1.807, 2.05) is 73.3 Å². The zero-order valence-electron chi connectivity index (χ0n) is 68.1. The van der Waals surface area contributed by atoms with Crippen molar-refractivity contribution in [2.45, 2.75) is 133 Å². The number of unbranched alkanes of at least 4 members (excludes halogenated alkanes) is 1. The van der Waals surface area contributed by atoms with Gasteiger partial charge in [-0.3, -0.25) is 20.4 Å². The molecule has 122 heavy (non-hydrogen) atoms. The summed E-state index contributed by atoms with van der Waals surface area (Å²) < 4.78 is 116. The van der Waals surface area contributed by atoms with Gasteiger partial charge in [0.1, 0.15) is 33.1 Å². The van der Waals surface area contributed by atoms with Gasteiger partial charge in [-0.05, 0) is 270 Å². The summed E-state index contributed by atoms with van der Waals surface area (Å²) in [5.41, 5.74) is 22.3. The smallest absolute Gasteiger partial charge is 0.150 e. The second-order valence-corrected chi connectivity index (χ2v) is 35.1. The van der Waals surface area contributed by atoms with Crippen molar-refractivity contribution in [2.75, 3.05) is 78.1 Å². The van der Waals surface area contributed by atoms with Gasteiger partial charge in [-0.1, -0.05) is 0 Å². The second kappa shape index (κ2) is 36.1. The minimum atomic E-state index is -2.91. The molecule has 5 aliphatic rings. The molecule has 0 amide bonds. The molecule has 5 saturated heterocycles. The van der Waals surface area contributed by atoms with Crippen LogP contribution in [0.4, 0.5) is 17.6 Å². The van der Waals surface area contributed by atoms with Crippen molar-refractivity contribution in [3.63, 3.8) is 0 Å². The molecule has 0 unspecified atom stereocenters. The lowest BCUT2D eigenvalue weighted by Crippen LogP contribution is -2.25. The van der Waals surface area contributed by atoms with Crippen LogP contribution in [0.3, 0.4) is 0 Å². The number of sulfone groups is 1. The van der Waals surface area contributed by atoms with E-state index in [0.717, 1.165) is 229 Å². The second-order valence-electron chi connectivity index (χ2n) is 32.8. The Balaban J connectivity index is 0.000000111. The Morgan fingerprint density at radius 3 is 0.984 bits per heavy atom. The van der Waals surface area contributed by atoms with Gasteiger partial charge in [0.15, 0.2) is 0 Å². The van der Waals surface area contributed by atoms with Crippen LogP contribution in [-0.2, 0) is 59.2 Å². The minimum absolute atomic E-state index is 0.227. The van der Waals surface area contributed by atoms with Gasteiger partial charge in [-0.15, -0.1) is 0 Å². The molecule has 0 bridgehead atoms. The highest BCUT2D eigenvalue weighted by atomic mass is 32.2. The Morgan fingerprint density at radius 2 is 0.680 bits per heavy atom. The normalized spacial score (nSPS) is 16.5. The molecular formula is C96H96F4N14O7S. The highest BCUT2D eigenvalue weighted by Gasteiger charge is 2.35. The number of nitrogens with zero attached hydrogens (tertiary/aromatic N) is 10. The van der Waals surface area contributed by atoms with E-state index in [0.29, 0.717) is 68.3 Å². The highest BCUT2D eigenvalue weighted by Crippen LogP contribution is 2.47. The number of H-pyrrole nitrogens is 4. The number of aryl methyl sites for hydroxylation is 2. The summed E-state index contributed by atoms with van der Waals surface area (Å²) in [5, 5.41) is 56.3. The van der Waals surface area contributed by atoms with E-state index in [1.54, 1.807) is 7.11 Å². The molecule has 8 aromatic heterocycles. The molecule has 8 aromatic carbocycles. The molecule has 16 aromatic rings. The van der Waals surface area contributed by atoms with Gasteiger partial charge in [-0.2, -0.15) is 30.9 Å². The van der Waals surface area contributed by atoms with Gasteiger partial charge in [0.25, 0.3) is 0 Å². The third-order valence-electron chi connectivity index (χ3n) is 25.4. The number of halogens is 4. The number of nitrogens with one attached hydrogen (secondary N) is 4. The molecule has 26 heteroatoms. The zero-order valence-corrected chi connectivity index (χ0v) is 68.9. The van der Waals surface area contributed by atoms with Crippen molar-refractivity contribution < 1.29 is 49.7 Å². The highest BCUT2D eigenvalue weighted by molar-refractivity contribution is 7.91. The molecule has 4 N–H and O–H groups in total. The van der Waals surface area contributed by atoms with Gasteiger partial charge in [0, 0.05) is 185 Å². The van der Waals surface area contributed by atoms with Crippen LogP contribution in [0.5, 0.6) is 0 Å². The lowest BCUT2D eigenvalue weighted by molar-refractivity contribution is 0.0839. The predicted molar refractivity (Wildman–Crippen MR) is 466 cm³/mol. The SMILES string of the molecule is COCCc1c(C2CCOCC2)n(-c2ccc(F)cc2)c2cc3cn[nH]c3cc12.N#CCCCc1c(C2CCOCC2)n(-c2ccc(F)cc2)c2cc3cn[nH]c3cc12.N#CCCc1c(C2CCOCC2)n(-c2ccc(F)cc2)c2cc3cn[nH]c3cc12.O=S1(=O)CCC(Cc2c(C3CCOCC3)n(-c3ccc(F)cc3)c3cc4cn[nH]c4cc23)CC1. The maximum absolute atomic E-state index is 13.8. The van der Waals surface area contributed by atoms with Crippen LogP contribution in [-0.4, -0.2) is 146 Å². The van der Waals surface area contributed by atoms with Gasteiger partial charge < -0.3 is 42.0 Å². The molecule has 21 nitrogen and oxygen atoms in total. The summed E-state index contributed by atoms with van der Waals surface area (Å²) in [6, 6.07) is 48.7. The number of hydrogen-bond acceptors (Lipinski definition) is 13. The van der Waals surface area contributed by atoms with Crippen molar-refractivity contribution in [2.24, 2.45) is 5.92 Å². The molecule has 0 radical (unpaired) electrons. The van der Waals surface area contributed by atoms with E-state index >= 15 is 0 Å². The standard InChI is InChI=1S/C26H28FN3O3S.C24H23FN4O.C23H21FN4O.C23H24FN3O2/c27-20-1-3-21(4-2-20)30-25-14-19-16-28-29-24(19)15-22(25)23(26(30)18-5-9-33-10-6-18)13-17-7-11-34(31,32)12-8-17;25-18-4-6-19(7-5-18)29-23-13-17-15-27-28-22(17)14-21(23)20(3-1-2-10-26)24(29)16-8-11-30-12-9-16;24-17-3-5-18(6-4-17)28-22-12-16-14-26-27-21(16)13-20(22)19(2-1-9-25)23(28)15-7-10-29-11-8-15;1-28-9-8-19-20-13-21-16(14-25-26-21)12-22(20)27(18-4-2-17(24)3-5-18)23(19)15-6-10-29-11-7-15/h1-4,14-18H,5-13H2,(H,28,29);4-7,13-16H,1-3,8-9,11-12H2,(H,27,28);3-6,12-15H,1-2,7-8,10-11H2,(H,26,27);2-5,12-15H,6-11H2,1H3,(H,25,26). The number of ether oxygens (including phenoxy) is 5. The summed E-state index contributed by atoms with van der Waals surface area (Å²) in [6.07, 6.45) is 21.4. The largest absolute Gasteiger partial charge is 0.384 e. The number of aromatic amines is 4. The fourth-order valence-electron chi connectivity index (χ4n) is 19.5. The average Bonchev–Trinajstić information content (AvgIpc) is 1.60. The monoisotopic (exact) mass is 1660 g/mol. The van der Waals surface area contributed by atoms with Crippen LogP contribution in [0, 0.1) is 51.8 Å². The van der Waals surface area contributed by atoms with Crippen molar-refractivity contribution in [1.82, 2.24) is 59.1 Å². The molecule has 626 valence electrons. The summed E-state index contributed by atoms with van der Waals surface area (Å²) in [7, 11) is -1.18. The van der Waals surface area contributed by atoms with Crippen LogP contribution in [0.2, 0.25) is 0 Å². The summed E-state index contributed by atoms with van der Waals surface area (Å²) >= 11 is 0. The van der Waals surface area contributed by atoms with Crippen LogP contribution >= 0.6 is 0 Å². The molecule has 5 aliphatic heterocycles. The Labute approximate surface area is 702 Å². The van der Waals surface area contributed by atoms with E-state index in [1.165, 1.54) is 104 Å². The summed E-state index contributed by atoms with van der Waals surface area (Å²) in [4.78, 5) is 0. The van der Waals surface area contributed by atoms with Gasteiger partial charge in [0.2, 0.25) is 0 Å².